The number of carbonyl (C=O) groups is 1. The van der Waals surface area contributed by atoms with E-state index >= 15 is 0 Å². The molecule has 22 heavy (non-hydrogen) atoms. The number of hydrogen-bond donors (Lipinski definition) is 3. The van der Waals surface area contributed by atoms with Crippen molar-refractivity contribution in [1.82, 2.24) is 20.8 Å². The molecule has 2 aliphatic rings. The van der Waals surface area contributed by atoms with Gasteiger partial charge in [0, 0.05) is 51.0 Å². The number of aromatic nitrogens is 2. The summed E-state index contributed by atoms with van der Waals surface area (Å²) in [7, 11) is 1.73. The van der Waals surface area contributed by atoms with E-state index in [1.54, 1.807) is 7.11 Å². The molecule has 124 valence electrons. The highest BCUT2D eigenvalue weighted by molar-refractivity contribution is 5.94. The highest BCUT2D eigenvalue weighted by Gasteiger charge is 2.37. The van der Waals surface area contributed by atoms with Crippen LogP contribution in [0.25, 0.3) is 0 Å². The molecular weight excluding hydrogens is 304 g/mol. The van der Waals surface area contributed by atoms with Gasteiger partial charge in [0.15, 0.2) is 5.69 Å². The Balaban J connectivity index is 0.00000176. The van der Waals surface area contributed by atoms with E-state index in [2.05, 4.69) is 20.8 Å². The summed E-state index contributed by atoms with van der Waals surface area (Å²) in [5.74, 6) is -0.0557. The van der Waals surface area contributed by atoms with Crippen LogP contribution in [-0.4, -0.2) is 42.9 Å². The summed E-state index contributed by atoms with van der Waals surface area (Å²) >= 11 is 0. The highest BCUT2D eigenvalue weighted by Crippen LogP contribution is 2.43. The van der Waals surface area contributed by atoms with Gasteiger partial charge in [0.05, 0.1) is 0 Å². The summed E-state index contributed by atoms with van der Waals surface area (Å²) < 4.78 is 5.19. The maximum absolute atomic E-state index is 12.4. The van der Waals surface area contributed by atoms with Gasteiger partial charge in [-0.3, -0.25) is 9.89 Å². The molecule has 1 aliphatic carbocycles. The van der Waals surface area contributed by atoms with Crippen LogP contribution in [0.5, 0.6) is 0 Å². The van der Waals surface area contributed by atoms with Crippen molar-refractivity contribution < 1.29 is 9.53 Å². The molecule has 0 radical (unpaired) electrons. The average Bonchev–Trinajstić information content (AvgIpc) is 2.89. The zero-order chi connectivity index (χ0) is 14.7. The first-order valence-corrected chi connectivity index (χ1v) is 7.78. The Kier molecular flexibility index (Phi) is 5.83. The third-order valence-corrected chi connectivity index (χ3v) is 4.90. The molecule has 3 rings (SSSR count). The quantitative estimate of drug-likeness (QED) is 0.738. The Morgan fingerprint density at radius 3 is 2.95 bits per heavy atom. The van der Waals surface area contributed by atoms with Gasteiger partial charge in [0.1, 0.15) is 0 Å². The van der Waals surface area contributed by atoms with Crippen molar-refractivity contribution in [2.45, 2.75) is 38.6 Å². The van der Waals surface area contributed by atoms with Gasteiger partial charge in [-0.15, -0.1) is 12.4 Å². The van der Waals surface area contributed by atoms with Crippen molar-refractivity contribution in [3.05, 3.63) is 17.0 Å². The molecule has 0 bridgehead atoms. The van der Waals surface area contributed by atoms with Gasteiger partial charge < -0.3 is 15.4 Å². The summed E-state index contributed by atoms with van der Waals surface area (Å²) in [6, 6.07) is 0. The van der Waals surface area contributed by atoms with E-state index in [1.165, 1.54) is 19.3 Å². The average molecular weight is 329 g/mol. The van der Waals surface area contributed by atoms with E-state index in [4.69, 9.17) is 4.74 Å². The standard InChI is InChI=1S/C15H24N4O2.ClH/c1-21-8-6-15(4-2-5-15)10-17-14(20)13-11-9-16-7-3-12(11)18-19-13;/h16H,2-10H2,1H3,(H,17,20)(H,18,19);1H. The molecule has 1 saturated carbocycles. The van der Waals surface area contributed by atoms with Crippen LogP contribution in [0.15, 0.2) is 0 Å². The first-order chi connectivity index (χ1) is 10.2. The summed E-state index contributed by atoms with van der Waals surface area (Å²) in [5.41, 5.74) is 2.91. The minimum atomic E-state index is -0.0557. The molecule has 0 unspecified atom stereocenters. The SMILES string of the molecule is COCCC1(CNC(=O)c2n[nH]c3c2CNCC3)CCC1.Cl. The molecule has 6 nitrogen and oxygen atoms in total. The molecule has 0 spiro atoms. The van der Waals surface area contributed by atoms with Crippen LogP contribution in [0.4, 0.5) is 0 Å². The number of halogens is 1. The minimum Gasteiger partial charge on any atom is -0.385 e. The lowest BCUT2D eigenvalue weighted by Gasteiger charge is -2.42. The predicted molar refractivity (Wildman–Crippen MR) is 86.4 cm³/mol. The van der Waals surface area contributed by atoms with Crippen LogP contribution in [-0.2, 0) is 17.7 Å². The molecule has 1 aliphatic heterocycles. The number of ether oxygens (including phenoxy) is 1. The Morgan fingerprint density at radius 1 is 1.45 bits per heavy atom. The van der Waals surface area contributed by atoms with Gasteiger partial charge in [-0.05, 0) is 24.7 Å². The number of nitrogens with zero attached hydrogens (tertiary/aromatic N) is 1. The van der Waals surface area contributed by atoms with Crippen molar-refractivity contribution >= 4 is 18.3 Å². The lowest BCUT2D eigenvalue weighted by atomic mass is 9.66. The number of nitrogens with one attached hydrogen (secondary N) is 3. The van der Waals surface area contributed by atoms with E-state index in [0.29, 0.717) is 5.69 Å². The van der Waals surface area contributed by atoms with E-state index in [1.807, 2.05) is 0 Å². The molecule has 0 aromatic carbocycles. The van der Waals surface area contributed by atoms with Gasteiger partial charge in [0.25, 0.3) is 5.91 Å². The van der Waals surface area contributed by atoms with Gasteiger partial charge >= 0.3 is 0 Å². The second kappa shape index (κ2) is 7.44. The second-order valence-electron chi connectivity index (χ2n) is 6.24. The Labute approximate surface area is 137 Å². The molecule has 1 aromatic rings. The number of hydrogen-bond acceptors (Lipinski definition) is 4. The maximum Gasteiger partial charge on any atom is 0.272 e. The Morgan fingerprint density at radius 2 is 2.27 bits per heavy atom. The zero-order valence-electron chi connectivity index (χ0n) is 13.0. The van der Waals surface area contributed by atoms with Crippen molar-refractivity contribution in [2.75, 3.05) is 26.8 Å². The van der Waals surface area contributed by atoms with Crippen LogP contribution in [0.2, 0.25) is 0 Å². The van der Waals surface area contributed by atoms with Crippen LogP contribution < -0.4 is 10.6 Å². The third kappa shape index (κ3) is 3.45. The minimum absolute atomic E-state index is 0. The summed E-state index contributed by atoms with van der Waals surface area (Å²) in [5, 5.41) is 13.6. The lowest BCUT2D eigenvalue weighted by molar-refractivity contribution is 0.0629. The molecule has 0 saturated heterocycles. The smallest absolute Gasteiger partial charge is 0.272 e. The van der Waals surface area contributed by atoms with Crippen LogP contribution in [0, 0.1) is 5.41 Å². The lowest BCUT2D eigenvalue weighted by Crippen LogP contribution is -2.43. The van der Waals surface area contributed by atoms with Crippen LogP contribution >= 0.6 is 12.4 Å². The fourth-order valence-corrected chi connectivity index (χ4v) is 3.28. The second-order valence-corrected chi connectivity index (χ2v) is 6.24. The number of aromatic amines is 1. The number of methoxy groups -OCH3 is 1. The molecule has 0 atom stereocenters. The normalized spacial score (nSPS) is 18.8. The van der Waals surface area contributed by atoms with Crippen molar-refractivity contribution in [1.29, 1.82) is 0 Å². The monoisotopic (exact) mass is 328 g/mol. The van der Waals surface area contributed by atoms with Gasteiger partial charge in [-0.2, -0.15) is 5.10 Å². The summed E-state index contributed by atoms with van der Waals surface area (Å²) in [4.78, 5) is 12.4. The number of rotatable bonds is 6. The summed E-state index contributed by atoms with van der Waals surface area (Å²) in [6.07, 6.45) is 5.53. The fraction of sp³-hybridized carbons (Fsp3) is 0.733. The van der Waals surface area contributed by atoms with Crippen LogP contribution in [0.3, 0.4) is 0 Å². The van der Waals surface area contributed by atoms with Gasteiger partial charge in [-0.1, -0.05) is 6.42 Å². The number of H-pyrrole nitrogens is 1. The van der Waals surface area contributed by atoms with E-state index in [9.17, 15) is 4.79 Å². The molecule has 2 heterocycles. The maximum atomic E-state index is 12.4. The largest absolute Gasteiger partial charge is 0.385 e. The predicted octanol–water partition coefficient (Wildman–Crippen LogP) is 1.41. The van der Waals surface area contributed by atoms with E-state index < -0.39 is 0 Å². The number of amides is 1. The Bertz CT molecular complexity index is 514. The molecule has 7 heteroatoms. The van der Waals surface area contributed by atoms with Gasteiger partial charge in [0.2, 0.25) is 0 Å². The molecular formula is C15H25ClN4O2. The first-order valence-electron chi connectivity index (χ1n) is 7.78. The highest BCUT2D eigenvalue weighted by atomic mass is 35.5. The number of carbonyl (C=O) groups excluding carboxylic acids is 1. The van der Waals surface area contributed by atoms with Crippen LogP contribution in [0.1, 0.15) is 47.4 Å². The molecule has 3 N–H and O–H groups in total. The van der Waals surface area contributed by atoms with Gasteiger partial charge in [-0.25, -0.2) is 0 Å². The number of fused-ring (bicyclic) bond motifs is 1. The van der Waals surface area contributed by atoms with Crippen molar-refractivity contribution in [2.24, 2.45) is 5.41 Å². The fourth-order valence-electron chi connectivity index (χ4n) is 3.28. The molecule has 1 amide bonds. The van der Waals surface area contributed by atoms with E-state index in [0.717, 1.165) is 50.3 Å². The zero-order valence-corrected chi connectivity index (χ0v) is 13.9. The van der Waals surface area contributed by atoms with Crippen molar-refractivity contribution in [3.8, 4) is 0 Å². The molecule has 1 fully saturated rings. The summed E-state index contributed by atoms with van der Waals surface area (Å²) in [6.45, 7) is 3.15. The first kappa shape index (κ1) is 17.2. The van der Waals surface area contributed by atoms with Crippen molar-refractivity contribution in [3.63, 3.8) is 0 Å². The Hall–Kier alpha value is -1.11. The van der Waals surface area contributed by atoms with E-state index in [-0.39, 0.29) is 23.7 Å². The topological polar surface area (TPSA) is 79.0 Å². The molecule has 1 aromatic heterocycles. The third-order valence-electron chi connectivity index (χ3n) is 4.90.